The molecule has 1 heterocycles. The number of esters is 1. The number of Topliss-reactive ketones (excluding diaryl/α,β-unsaturated/α-hetero) is 1. The molecule has 0 spiro atoms. The zero-order valence-corrected chi connectivity index (χ0v) is 14.8. The third-order valence-corrected chi connectivity index (χ3v) is 4.53. The van der Waals surface area contributed by atoms with Crippen LogP contribution in [0.3, 0.4) is 0 Å². The second-order valence-electron chi connectivity index (χ2n) is 6.37. The lowest BCUT2D eigenvalue weighted by molar-refractivity contribution is -0.384. The Morgan fingerprint density at radius 3 is 2.37 bits per heavy atom. The summed E-state index contributed by atoms with van der Waals surface area (Å²) in [6, 6.07) is 12.8. The third kappa shape index (κ3) is 4.49. The van der Waals surface area contributed by atoms with Crippen molar-refractivity contribution in [3.63, 3.8) is 0 Å². The quantitative estimate of drug-likeness (QED) is 0.335. The van der Waals surface area contributed by atoms with E-state index in [1.807, 2.05) is 4.90 Å². The number of carbonyl (C=O) groups excluding carboxylic acids is 2. The maximum absolute atomic E-state index is 12.2. The van der Waals surface area contributed by atoms with Gasteiger partial charge in [0.15, 0.2) is 12.4 Å². The highest BCUT2D eigenvalue weighted by Gasteiger charge is 2.23. The van der Waals surface area contributed by atoms with E-state index in [0.717, 1.165) is 32.4 Å². The molecule has 0 N–H and O–H groups in total. The molecule has 0 unspecified atom stereocenters. The molecular weight excluding hydrogens is 348 g/mol. The Morgan fingerprint density at radius 1 is 1.00 bits per heavy atom. The maximum atomic E-state index is 12.2. The molecule has 1 saturated heterocycles. The van der Waals surface area contributed by atoms with Crippen molar-refractivity contribution < 1.29 is 19.2 Å². The fraction of sp³-hybridized carbons (Fsp3) is 0.300. The highest BCUT2D eigenvalue weighted by molar-refractivity contribution is 5.99. The molecule has 0 amide bonds. The van der Waals surface area contributed by atoms with Crippen LogP contribution in [0.25, 0.3) is 0 Å². The van der Waals surface area contributed by atoms with Gasteiger partial charge in [0.05, 0.1) is 10.5 Å². The summed E-state index contributed by atoms with van der Waals surface area (Å²) in [6.07, 6.45) is 3.09. The molecular formula is C20H20N2O5. The lowest BCUT2D eigenvalue weighted by Crippen LogP contribution is -2.30. The van der Waals surface area contributed by atoms with Crippen molar-refractivity contribution in [3.8, 4) is 0 Å². The number of ketones is 1. The Hall–Kier alpha value is -3.22. The van der Waals surface area contributed by atoms with Gasteiger partial charge in [-0.25, -0.2) is 4.79 Å². The predicted molar refractivity (Wildman–Crippen MR) is 100 cm³/mol. The van der Waals surface area contributed by atoms with Gasteiger partial charge in [0.2, 0.25) is 0 Å². The van der Waals surface area contributed by atoms with E-state index in [1.165, 1.54) is 12.1 Å². The van der Waals surface area contributed by atoms with Gasteiger partial charge < -0.3 is 9.64 Å². The Bertz CT molecular complexity index is 845. The highest BCUT2D eigenvalue weighted by atomic mass is 16.6. The topological polar surface area (TPSA) is 89.8 Å². The average molecular weight is 368 g/mol. The van der Waals surface area contributed by atoms with Crippen molar-refractivity contribution in [2.24, 2.45) is 0 Å². The summed E-state index contributed by atoms with van der Waals surface area (Å²) in [5.41, 5.74) is 0.886. The molecule has 27 heavy (non-hydrogen) atoms. The molecule has 140 valence electrons. The fourth-order valence-corrected chi connectivity index (χ4v) is 3.12. The van der Waals surface area contributed by atoms with E-state index in [2.05, 4.69) is 0 Å². The van der Waals surface area contributed by atoms with E-state index < -0.39 is 17.5 Å². The first-order chi connectivity index (χ1) is 13.1. The van der Waals surface area contributed by atoms with Crippen molar-refractivity contribution >= 4 is 23.1 Å². The van der Waals surface area contributed by atoms with E-state index in [1.54, 1.807) is 36.4 Å². The van der Waals surface area contributed by atoms with Gasteiger partial charge >= 0.3 is 5.97 Å². The molecule has 0 aromatic heterocycles. The molecule has 2 aromatic carbocycles. The second-order valence-corrected chi connectivity index (χ2v) is 6.37. The van der Waals surface area contributed by atoms with Gasteiger partial charge in [-0.2, -0.15) is 0 Å². The largest absolute Gasteiger partial charge is 0.454 e. The van der Waals surface area contributed by atoms with Crippen molar-refractivity contribution in [2.75, 3.05) is 24.6 Å². The number of nitro groups is 1. The molecule has 3 rings (SSSR count). The fourth-order valence-electron chi connectivity index (χ4n) is 3.12. The normalized spacial score (nSPS) is 13.9. The molecule has 0 aliphatic carbocycles. The van der Waals surface area contributed by atoms with Crippen molar-refractivity contribution in [2.45, 2.75) is 19.3 Å². The monoisotopic (exact) mass is 368 g/mol. The Labute approximate surface area is 156 Å². The summed E-state index contributed by atoms with van der Waals surface area (Å²) in [5.74, 6) is -1.09. The second kappa shape index (κ2) is 8.44. The van der Waals surface area contributed by atoms with Crippen molar-refractivity contribution in [3.05, 3.63) is 69.8 Å². The highest BCUT2D eigenvalue weighted by Crippen LogP contribution is 2.31. The van der Waals surface area contributed by atoms with Gasteiger partial charge in [-0.15, -0.1) is 0 Å². The van der Waals surface area contributed by atoms with Crippen LogP contribution in [-0.2, 0) is 4.74 Å². The molecule has 2 aromatic rings. The first kappa shape index (κ1) is 18.6. The third-order valence-electron chi connectivity index (χ3n) is 4.53. The molecule has 0 saturated carbocycles. The van der Waals surface area contributed by atoms with Crippen LogP contribution in [0.2, 0.25) is 0 Å². The van der Waals surface area contributed by atoms with Crippen LogP contribution in [0.15, 0.2) is 48.5 Å². The number of piperidine rings is 1. The van der Waals surface area contributed by atoms with E-state index in [0.29, 0.717) is 11.3 Å². The summed E-state index contributed by atoms with van der Waals surface area (Å²) in [6.45, 7) is 1.11. The van der Waals surface area contributed by atoms with Gasteiger partial charge in [0, 0.05) is 24.7 Å². The molecule has 1 fully saturated rings. The average Bonchev–Trinajstić information content (AvgIpc) is 2.72. The molecule has 1 aliphatic rings. The smallest absolute Gasteiger partial charge is 0.338 e. The van der Waals surface area contributed by atoms with E-state index in [4.69, 9.17) is 4.74 Å². The van der Waals surface area contributed by atoms with Gasteiger partial charge in [0.1, 0.15) is 5.69 Å². The predicted octanol–water partition coefficient (Wildman–Crippen LogP) is 3.62. The zero-order valence-electron chi connectivity index (χ0n) is 14.8. The summed E-state index contributed by atoms with van der Waals surface area (Å²) >= 11 is 0. The molecule has 1 aliphatic heterocycles. The molecule has 7 heteroatoms. The van der Waals surface area contributed by atoms with Gasteiger partial charge in [-0.3, -0.25) is 14.9 Å². The van der Waals surface area contributed by atoms with Crippen LogP contribution >= 0.6 is 0 Å². The number of nitrogens with zero attached hydrogens (tertiary/aromatic N) is 2. The number of carbonyl (C=O) groups is 2. The minimum atomic E-state index is -0.757. The Balaban J connectivity index is 1.72. The van der Waals surface area contributed by atoms with Crippen molar-refractivity contribution in [1.82, 2.24) is 0 Å². The zero-order chi connectivity index (χ0) is 19.2. The minimum Gasteiger partial charge on any atom is -0.454 e. The van der Waals surface area contributed by atoms with Crippen molar-refractivity contribution in [1.29, 1.82) is 0 Å². The number of benzene rings is 2. The van der Waals surface area contributed by atoms with Crippen LogP contribution < -0.4 is 4.90 Å². The van der Waals surface area contributed by atoms with E-state index in [9.17, 15) is 19.7 Å². The van der Waals surface area contributed by atoms with Crippen LogP contribution in [0, 0.1) is 10.1 Å². The van der Waals surface area contributed by atoms with Crippen LogP contribution in [0.5, 0.6) is 0 Å². The Morgan fingerprint density at radius 2 is 1.70 bits per heavy atom. The van der Waals surface area contributed by atoms with Crippen LogP contribution in [0.4, 0.5) is 11.4 Å². The van der Waals surface area contributed by atoms with Crippen LogP contribution in [-0.4, -0.2) is 36.4 Å². The summed E-state index contributed by atoms with van der Waals surface area (Å²) < 4.78 is 5.04. The van der Waals surface area contributed by atoms with Gasteiger partial charge in [0.25, 0.3) is 5.69 Å². The summed E-state index contributed by atoms with van der Waals surface area (Å²) in [5, 5.41) is 11.5. The number of anilines is 1. The standard InChI is InChI=1S/C20H20N2O5/c23-19(15-7-3-1-4-8-15)14-27-20(24)16-9-10-17(18(13-16)22(25)26)21-11-5-2-6-12-21/h1,3-4,7-10,13H,2,5-6,11-12,14H2. The number of hydrogen-bond acceptors (Lipinski definition) is 6. The first-order valence-electron chi connectivity index (χ1n) is 8.85. The lowest BCUT2D eigenvalue weighted by atomic mass is 10.1. The van der Waals surface area contributed by atoms with Gasteiger partial charge in [-0.1, -0.05) is 30.3 Å². The van der Waals surface area contributed by atoms with Crippen LogP contribution in [0.1, 0.15) is 40.0 Å². The van der Waals surface area contributed by atoms with E-state index in [-0.39, 0.29) is 17.0 Å². The number of rotatable bonds is 6. The molecule has 0 bridgehead atoms. The molecule has 7 nitrogen and oxygen atoms in total. The lowest BCUT2D eigenvalue weighted by Gasteiger charge is -2.28. The molecule has 0 atom stereocenters. The number of hydrogen-bond donors (Lipinski definition) is 0. The minimum absolute atomic E-state index is 0.0586. The van der Waals surface area contributed by atoms with E-state index >= 15 is 0 Å². The summed E-state index contributed by atoms with van der Waals surface area (Å²) in [7, 11) is 0. The first-order valence-corrected chi connectivity index (χ1v) is 8.85. The maximum Gasteiger partial charge on any atom is 0.338 e. The number of nitro benzene ring substituents is 1. The number of ether oxygens (including phenoxy) is 1. The SMILES string of the molecule is O=C(COC(=O)c1ccc(N2CCCCC2)c([N+](=O)[O-])c1)c1ccccc1. The Kier molecular flexibility index (Phi) is 5.80. The summed E-state index contributed by atoms with van der Waals surface area (Å²) in [4.78, 5) is 37.2. The van der Waals surface area contributed by atoms with Gasteiger partial charge in [-0.05, 0) is 31.4 Å². The molecule has 0 radical (unpaired) electrons.